The number of Topliss-reactive ketones (excluding diaryl/α,β-unsaturated/α-hetero) is 2. The van der Waals surface area contributed by atoms with Gasteiger partial charge < -0.3 is 9.32 Å². The molecule has 1 aromatic heterocycles. The summed E-state index contributed by atoms with van der Waals surface area (Å²) in [7, 11) is 3.72. The molecule has 1 aliphatic rings. The molecule has 0 fully saturated rings. The summed E-state index contributed by atoms with van der Waals surface area (Å²) >= 11 is 0. The predicted molar refractivity (Wildman–Crippen MR) is 76.1 cm³/mol. The fourth-order valence-electron chi connectivity index (χ4n) is 2.21. The van der Waals surface area contributed by atoms with Crippen LogP contribution in [0.1, 0.15) is 26.5 Å². The molecule has 2 aromatic rings. The van der Waals surface area contributed by atoms with E-state index in [1.807, 2.05) is 19.0 Å². The Morgan fingerprint density at radius 1 is 0.950 bits per heavy atom. The number of hydrogen-bond donors (Lipinski definition) is 0. The van der Waals surface area contributed by atoms with Crippen LogP contribution in [0.25, 0.3) is 6.08 Å². The van der Waals surface area contributed by atoms with Gasteiger partial charge in [0, 0.05) is 31.3 Å². The molecule has 0 bridgehead atoms. The predicted octanol–water partition coefficient (Wildman–Crippen LogP) is 2.81. The first-order valence-corrected chi connectivity index (χ1v) is 6.25. The van der Waals surface area contributed by atoms with Gasteiger partial charge >= 0.3 is 0 Å². The van der Waals surface area contributed by atoms with Crippen molar-refractivity contribution in [2.75, 3.05) is 19.0 Å². The van der Waals surface area contributed by atoms with Crippen LogP contribution in [0.2, 0.25) is 0 Å². The van der Waals surface area contributed by atoms with Gasteiger partial charge in [-0.25, -0.2) is 0 Å². The Bertz CT molecular complexity index is 701. The number of carbonyl (C=O) groups excluding carboxylic acids is 2. The van der Waals surface area contributed by atoms with Gasteiger partial charge in [-0.2, -0.15) is 0 Å². The first-order chi connectivity index (χ1) is 9.58. The monoisotopic (exact) mass is 267 g/mol. The number of rotatable bonds is 2. The molecule has 0 atom stereocenters. The van der Waals surface area contributed by atoms with E-state index in [-0.39, 0.29) is 17.1 Å². The van der Waals surface area contributed by atoms with Gasteiger partial charge in [-0.3, -0.25) is 9.59 Å². The second-order valence-electron chi connectivity index (χ2n) is 4.83. The van der Waals surface area contributed by atoms with Crippen molar-refractivity contribution in [3.63, 3.8) is 0 Å². The molecule has 0 saturated carbocycles. The molecule has 0 saturated heterocycles. The van der Waals surface area contributed by atoms with E-state index in [0.29, 0.717) is 22.8 Å². The standard InChI is InChI=1S/C16H13NO3/c1-17(2)14-8-7-10(20-14)9-13-15(18)11-5-3-4-6-12(11)16(13)19/h3-9H,1-2H3. The third-order valence-corrected chi connectivity index (χ3v) is 3.25. The molecule has 4 heteroatoms. The first-order valence-electron chi connectivity index (χ1n) is 6.25. The summed E-state index contributed by atoms with van der Waals surface area (Å²) in [5.41, 5.74) is 1.08. The average Bonchev–Trinajstić information content (AvgIpc) is 3.00. The van der Waals surface area contributed by atoms with E-state index in [1.165, 1.54) is 6.08 Å². The Hall–Kier alpha value is -2.62. The average molecular weight is 267 g/mol. The molecule has 0 aliphatic heterocycles. The quantitative estimate of drug-likeness (QED) is 0.620. The molecule has 1 aromatic carbocycles. The van der Waals surface area contributed by atoms with E-state index in [1.54, 1.807) is 36.4 Å². The van der Waals surface area contributed by atoms with Gasteiger partial charge in [0.1, 0.15) is 5.76 Å². The highest BCUT2D eigenvalue weighted by molar-refractivity contribution is 6.41. The fraction of sp³-hybridized carbons (Fsp3) is 0.125. The molecule has 0 unspecified atom stereocenters. The Kier molecular flexibility index (Phi) is 2.79. The fourth-order valence-corrected chi connectivity index (χ4v) is 2.21. The van der Waals surface area contributed by atoms with Crippen molar-refractivity contribution in [2.45, 2.75) is 0 Å². The smallest absolute Gasteiger partial charge is 0.197 e. The number of hydrogen-bond acceptors (Lipinski definition) is 4. The molecule has 0 spiro atoms. The highest BCUT2D eigenvalue weighted by atomic mass is 16.4. The number of allylic oxidation sites excluding steroid dienone is 1. The molecule has 20 heavy (non-hydrogen) atoms. The summed E-state index contributed by atoms with van der Waals surface area (Å²) in [5, 5.41) is 0. The van der Waals surface area contributed by atoms with E-state index in [0.717, 1.165) is 0 Å². The molecule has 1 heterocycles. The Morgan fingerprint density at radius 2 is 1.55 bits per heavy atom. The van der Waals surface area contributed by atoms with E-state index >= 15 is 0 Å². The molecule has 0 radical (unpaired) electrons. The van der Waals surface area contributed by atoms with E-state index in [4.69, 9.17) is 4.42 Å². The largest absolute Gasteiger partial charge is 0.441 e. The van der Waals surface area contributed by atoms with E-state index < -0.39 is 0 Å². The molecular formula is C16H13NO3. The lowest BCUT2D eigenvalue weighted by Crippen LogP contribution is -2.06. The van der Waals surface area contributed by atoms with Gasteiger partial charge in [-0.1, -0.05) is 24.3 Å². The molecule has 100 valence electrons. The van der Waals surface area contributed by atoms with Crippen LogP contribution in [0.3, 0.4) is 0 Å². The molecular weight excluding hydrogens is 254 g/mol. The molecule has 1 aliphatic carbocycles. The van der Waals surface area contributed by atoms with Crippen LogP contribution in [0, 0.1) is 0 Å². The van der Waals surface area contributed by atoms with Crippen LogP contribution < -0.4 is 4.90 Å². The lowest BCUT2D eigenvalue weighted by molar-refractivity contribution is 0.0990. The zero-order valence-corrected chi connectivity index (χ0v) is 11.2. The normalized spacial score (nSPS) is 13.6. The second-order valence-corrected chi connectivity index (χ2v) is 4.83. The van der Waals surface area contributed by atoms with Crippen molar-refractivity contribution in [1.29, 1.82) is 0 Å². The van der Waals surface area contributed by atoms with Crippen LogP contribution in [-0.4, -0.2) is 25.7 Å². The zero-order chi connectivity index (χ0) is 14.3. The van der Waals surface area contributed by atoms with Gasteiger partial charge in [0.15, 0.2) is 17.5 Å². The minimum atomic E-state index is -0.242. The minimum Gasteiger partial charge on any atom is -0.441 e. The second kappa shape index (κ2) is 4.49. The Balaban J connectivity index is 2.01. The summed E-state index contributed by atoms with van der Waals surface area (Å²) in [6, 6.07) is 10.4. The van der Waals surface area contributed by atoms with Gasteiger partial charge in [-0.05, 0) is 12.1 Å². The molecule has 0 N–H and O–H groups in total. The number of ketones is 2. The molecule has 3 rings (SSSR count). The summed E-state index contributed by atoms with van der Waals surface area (Å²) < 4.78 is 5.55. The maximum Gasteiger partial charge on any atom is 0.197 e. The van der Waals surface area contributed by atoms with E-state index in [9.17, 15) is 9.59 Å². The number of fused-ring (bicyclic) bond motifs is 1. The lowest BCUT2D eigenvalue weighted by Gasteiger charge is -2.05. The van der Waals surface area contributed by atoms with Crippen molar-refractivity contribution in [3.05, 3.63) is 58.9 Å². The topological polar surface area (TPSA) is 50.5 Å². The maximum atomic E-state index is 12.2. The minimum absolute atomic E-state index is 0.158. The number of nitrogens with zero attached hydrogens (tertiary/aromatic N) is 1. The third kappa shape index (κ3) is 1.86. The van der Waals surface area contributed by atoms with Crippen molar-refractivity contribution in [3.8, 4) is 0 Å². The van der Waals surface area contributed by atoms with Crippen LogP contribution >= 0.6 is 0 Å². The number of carbonyl (C=O) groups is 2. The van der Waals surface area contributed by atoms with Crippen molar-refractivity contribution < 1.29 is 14.0 Å². The third-order valence-electron chi connectivity index (χ3n) is 3.25. The summed E-state index contributed by atoms with van der Waals surface area (Å²) in [6.45, 7) is 0. The Labute approximate surface area is 116 Å². The van der Waals surface area contributed by atoms with Gasteiger partial charge in [-0.15, -0.1) is 0 Å². The molecule has 4 nitrogen and oxygen atoms in total. The van der Waals surface area contributed by atoms with Gasteiger partial charge in [0.2, 0.25) is 0 Å². The summed E-state index contributed by atoms with van der Waals surface area (Å²) in [5.74, 6) is 0.687. The zero-order valence-electron chi connectivity index (χ0n) is 11.2. The highest BCUT2D eigenvalue weighted by Gasteiger charge is 2.32. The van der Waals surface area contributed by atoms with Crippen molar-refractivity contribution >= 4 is 23.5 Å². The summed E-state index contributed by atoms with van der Waals surface area (Å²) in [6.07, 6.45) is 1.51. The van der Waals surface area contributed by atoms with Crippen LogP contribution in [-0.2, 0) is 0 Å². The highest BCUT2D eigenvalue weighted by Crippen LogP contribution is 2.28. The van der Waals surface area contributed by atoms with Crippen LogP contribution in [0.15, 0.2) is 46.4 Å². The number of benzene rings is 1. The Morgan fingerprint density at radius 3 is 2.05 bits per heavy atom. The number of furan rings is 1. The summed E-state index contributed by atoms with van der Waals surface area (Å²) in [4.78, 5) is 26.2. The maximum absolute atomic E-state index is 12.2. The van der Waals surface area contributed by atoms with Crippen LogP contribution in [0.5, 0.6) is 0 Å². The first kappa shape index (κ1) is 12.4. The van der Waals surface area contributed by atoms with Crippen molar-refractivity contribution in [1.82, 2.24) is 0 Å². The lowest BCUT2D eigenvalue weighted by atomic mass is 10.1. The van der Waals surface area contributed by atoms with Gasteiger partial charge in [0.25, 0.3) is 0 Å². The van der Waals surface area contributed by atoms with E-state index in [2.05, 4.69) is 0 Å². The van der Waals surface area contributed by atoms with Crippen LogP contribution in [0.4, 0.5) is 5.88 Å². The van der Waals surface area contributed by atoms with Crippen molar-refractivity contribution in [2.24, 2.45) is 0 Å². The molecule has 0 amide bonds. The SMILES string of the molecule is CN(C)c1ccc(C=C2C(=O)c3ccccc3C2=O)o1. The van der Waals surface area contributed by atoms with Gasteiger partial charge in [0.05, 0.1) is 5.57 Å². The number of anilines is 1.